The number of ether oxygens (including phenoxy) is 1. The molecule has 3 nitrogen and oxygen atoms in total. The maximum absolute atomic E-state index is 13.0. The van der Waals surface area contributed by atoms with Crippen molar-refractivity contribution in [1.82, 2.24) is 3.97 Å². The van der Waals surface area contributed by atoms with Crippen molar-refractivity contribution in [2.24, 2.45) is 0 Å². The summed E-state index contributed by atoms with van der Waals surface area (Å²) >= 11 is 0. The number of fused-ring (bicyclic) bond motifs is 1. The summed E-state index contributed by atoms with van der Waals surface area (Å²) in [6.07, 6.45) is 0. The molecule has 0 aliphatic heterocycles. The Hall–Kier alpha value is -2.85. The van der Waals surface area contributed by atoms with Crippen molar-refractivity contribution < 1.29 is 8.95 Å². The normalized spacial score (nSPS) is 12.2. The number of aryl methyl sites for hydroxylation is 1. The Morgan fingerprint density at radius 1 is 0.885 bits per heavy atom. The van der Waals surface area contributed by atoms with Gasteiger partial charge in [-0.15, -0.1) is 0 Å². The lowest BCUT2D eigenvalue weighted by atomic mass is 10.2. The van der Waals surface area contributed by atoms with Crippen LogP contribution in [0.3, 0.4) is 0 Å². The molecule has 0 saturated heterocycles. The fourth-order valence-electron chi connectivity index (χ4n) is 3.00. The summed E-state index contributed by atoms with van der Waals surface area (Å²) in [5, 5.41) is 1.03. The first-order valence-electron chi connectivity index (χ1n) is 8.48. The SMILES string of the molecule is Cc1cc2cc(OCc3ccccc3)ccc2n1S(=O)c1ccccc1. The van der Waals surface area contributed by atoms with Crippen molar-refractivity contribution in [1.29, 1.82) is 0 Å². The molecule has 1 aromatic heterocycles. The first-order valence-corrected chi connectivity index (χ1v) is 9.59. The second kappa shape index (κ2) is 7.18. The van der Waals surface area contributed by atoms with Crippen LogP contribution in [0.1, 0.15) is 11.3 Å². The van der Waals surface area contributed by atoms with E-state index in [0.29, 0.717) is 6.61 Å². The molecule has 0 N–H and O–H groups in total. The molecule has 0 bridgehead atoms. The number of aromatic nitrogens is 1. The van der Waals surface area contributed by atoms with E-state index < -0.39 is 11.0 Å². The Morgan fingerprint density at radius 3 is 2.31 bits per heavy atom. The highest BCUT2D eigenvalue weighted by molar-refractivity contribution is 7.83. The van der Waals surface area contributed by atoms with E-state index in [2.05, 4.69) is 0 Å². The van der Waals surface area contributed by atoms with Crippen LogP contribution in [0.2, 0.25) is 0 Å². The first kappa shape index (κ1) is 16.6. The highest BCUT2D eigenvalue weighted by Gasteiger charge is 2.13. The van der Waals surface area contributed by atoms with E-state index >= 15 is 0 Å². The minimum absolute atomic E-state index is 0.530. The van der Waals surface area contributed by atoms with Gasteiger partial charge in [0.1, 0.15) is 12.4 Å². The van der Waals surface area contributed by atoms with Gasteiger partial charge in [-0.2, -0.15) is 0 Å². The smallest absolute Gasteiger partial charge is 0.157 e. The van der Waals surface area contributed by atoms with Crippen LogP contribution in [0.25, 0.3) is 10.9 Å². The molecular formula is C22H19NO2S. The van der Waals surface area contributed by atoms with E-state index in [1.54, 1.807) is 0 Å². The van der Waals surface area contributed by atoms with Gasteiger partial charge in [0.2, 0.25) is 0 Å². The molecule has 0 radical (unpaired) electrons. The lowest BCUT2D eigenvalue weighted by molar-refractivity contribution is 0.306. The minimum Gasteiger partial charge on any atom is -0.489 e. The molecule has 130 valence electrons. The van der Waals surface area contributed by atoms with Crippen LogP contribution < -0.4 is 4.74 Å². The van der Waals surface area contributed by atoms with Crippen molar-refractivity contribution in [3.8, 4) is 5.75 Å². The van der Waals surface area contributed by atoms with Gasteiger partial charge in [-0.25, -0.2) is 4.21 Å². The standard InChI is InChI=1S/C22H19NO2S/c1-17-14-19-15-20(25-16-18-8-4-2-5-9-18)12-13-22(19)23(17)26(24)21-10-6-3-7-11-21/h2-15H,16H2,1H3. The number of benzene rings is 3. The molecule has 0 amide bonds. The van der Waals surface area contributed by atoms with Gasteiger partial charge in [-0.1, -0.05) is 48.5 Å². The third kappa shape index (κ3) is 3.28. The van der Waals surface area contributed by atoms with Gasteiger partial charge >= 0.3 is 0 Å². The van der Waals surface area contributed by atoms with Crippen LogP contribution in [0.15, 0.2) is 89.8 Å². The molecule has 1 heterocycles. The Bertz CT molecular complexity index is 1060. The van der Waals surface area contributed by atoms with Crippen molar-refractivity contribution in [3.63, 3.8) is 0 Å². The average molecular weight is 361 g/mol. The third-order valence-electron chi connectivity index (χ3n) is 4.26. The summed E-state index contributed by atoms with van der Waals surface area (Å²) in [6.45, 7) is 2.51. The Kier molecular flexibility index (Phi) is 4.59. The molecule has 0 fully saturated rings. The van der Waals surface area contributed by atoms with Crippen molar-refractivity contribution in [3.05, 3.63) is 96.2 Å². The third-order valence-corrected chi connectivity index (χ3v) is 5.75. The van der Waals surface area contributed by atoms with Crippen LogP contribution in [-0.4, -0.2) is 8.18 Å². The molecule has 0 aliphatic rings. The molecule has 0 aliphatic carbocycles. The number of nitrogens with zero attached hydrogens (tertiary/aromatic N) is 1. The van der Waals surface area contributed by atoms with Crippen LogP contribution in [0, 0.1) is 6.92 Å². The average Bonchev–Trinajstić information content (AvgIpc) is 3.02. The quantitative estimate of drug-likeness (QED) is 0.495. The number of hydrogen-bond acceptors (Lipinski definition) is 2. The van der Waals surface area contributed by atoms with Gasteiger partial charge in [-0.3, -0.25) is 3.97 Å². The monoisotopic (exact) mass is 361 g/mol. The fourth-order valence-corrected chi connectivity index (χ4v) is 4.26. The lowest BCUT2D eigenvalue weighted by Crippen LogP contribution is -2.06. The van der Waals surface area contributed by atoms with Gasteiger partial charge in [0.15, 0.2) is 11.0 Å². The molecule has 0 saturated carbocycles. The molecular weight excluding hydrogens is 342 g/mol. The van der Waals surface area contributed by atoms with E-state index in [1.807, 2.05) is 95.8 Å². The molecule has 26 heavy (non-hydrogen) atoms. The van der Waals surface area contributed by atoms with Gasteiger partial charge in [0, 0.05) is 11.1 Å². The molecule has 4 heteroatoms. The molecule has 0 spiro atoms. The molecule has 3 aromatic carbocycles. The molecule has 4 aromatic rings. The Balaban J connectivity index is 1.63. The van der Waals surface area contributed by atoms with Crippen LogP contribution in [-0.2, 0) is 17.6 Å². The van der Waals surface area contributed by atoms with Crippen molar-refractivity contribution in [2.75, 3.05) is 0 Å². The van der Waals surface area contributed by atoms with E-state index in [9.17, 15) is 4.21 Å². The summed E-state index contributed by atoms with van der Waals surface area (Å²) in [5.74, 6) is 0.809. The highest BCUT2D eigenvalue weighted by Crippen LogP contribution is 2.27. The summed E-state index contributed by atoms with van der Waals surface area (Å²) in [6, 6.07) is 27.6. The lowest BCUT2D eigenvalue weighted by Gasteiger charge is -2.09. The predicted octanol–water partition coefficient (Wildman–Crippen LogP) is 5.10. The van der Waals surface area contributed by atoms with Gasteiger partial charge in [0.05, 0.1) is 10.4 Å². The first-order chi connectivity index (χ1) is 12.7. The Morgan fingerprint density at radius 2 is 1.58 bits per heavy atom. The highest BCUT2D eigenvalue weighted by atomic mass is 32.2. The maximum atomic E-state index is 13.0. The fraction of sp³-hybridized carbons (Fsp3) is 0.0909. The van der Waals surface area contributed by atoms with Gasteiger partial charge < -0.3 is 4.74 Å². The minimum atomic E-state index is -1.27. The van der Waals surface area contributed by atoms with Crippen molar-refractivity contribution >= 4 is 21.9 Å². The van der Waals surface area contributed by atoms with E-state index in [1.165, 1.54) is 0 Å². The second-order valence-electron chi connectivity index (χ2n) is 6.14. The molecule has 1 atom stereocenters. The van der Waals surface area contributed by atoms with Crippen molar-refractivity contribution in [2.45, 2.75) is 18.4 Å². The van der Waals surface area contributed by atoms with Gasteiger partial charge in [0.25, 0.3) is 0 Å². The number of rotatable bonds is 5. The topological polar surface area (TPSA) is 31.2 Å². The maximum Gasteiger partial charge on any atom is 0.157 e. The zero-order valence-electron chi connectivity index (χ0n) is 14.5. The van der Waals surface area contributed by atoms with Crippen LogP contribution in [0.4, 0.5) is 0 Å². The zero-order chi connectivity index (χ0) is 17.9. The predicted molar refractivity (Wildman–Crippen MR) is 106 cm³/mol. The summed E-state index contributed by atoms with van der Waals surface area (Å²) < 4.78 is 20.8. The van der Waals surface area contributed by atoms with E-state index in [0.717, 1.165) is 32.8 Å². The van der Waals surface area contributed by atoms with Gasteiger partial charge in [-0.05, 0) is 48.9 Å². The Labute approximate surface area is 155 Å². The summed E-state index contributed by atoms with van der Waals surface area (Å²) in [4.78, 5) is 0.789. The second-order valence-corrected chi connectivity index (χ2v) is 7.47. The van der Waals surface area contributed by atoms with Crippen LogP contribution in [0.5, 0.6) is 5.75 Å². The molecule has 1 unspecified atom stereocenters. The zero-order valence-corrected chi connectivity index (χ0v) is 15.3. The van der Waals surface area contributed by atoms with Crippen LogP contribution >= 0.6 is 0 Å². The van der Waals surface area contributed by atoms with E-state index in [4.69, 9.17) is 4.74 Å². The largest absolute Gasteiger partial charge is 0.489 e. The van der Waals surface area contributed by atoms with E-state index in [-0.39, 0.29) is 0 Å². The summed E-state index contributed by atoms with van der Waals surface area (Å²) in [7, 11) is -1.27. The number of hydrogen-bond donors (Lipinski definition) is 0. The molecule has 4 rings (SSSR count). The summed E-state index contributed by atoms with van der Waals surface area (Å²) in [5.41, 5.74) is 3.03.